The highest BCUT2D eigenvalue weighted by atomic mass is 32.1. The molecule has 0 saturated heterocycles. The van der Waals surface area contributed by atoms with Gasteiger partial charge in [0.25, 0.3) is 0 Å². The Kier molecular flexibility index (Phi) is 3.97. The molecular weight excluding hydrogens is 256 g/mol. The molecule has 0 aliphatic heterocycles. The molecule has 1 aliphatic rings. The molecule has 0 aromatic carbocycles. The Balaban J connectivity index is 1.49. The van der Waals surface area contributed by atoms with E-state index < -0.39 is 0 Å². The van der Waals surface area contributed by atoms with Crippen LogP contribution < -0.4 is 0 Å². The van der Waals surface area contributed by atoms with E-state index in [2.05, 4.69) is 4.98 Å². The van der Waals surface area contributed by atoms with Gasteiger partial charge in [-0.3, -0.25) is 9.20 Å². The van der Waals surface area contributed by atoms with Gasteiger partial charge in [0.1, 0.15) is 5.78 Å². The van der Waals surface area contributed by atoms with Crippen LogP contribution in [0, 0.1) is 5.92 Å². The SMILES string of the molecule is O=C(CCC1CCCCC1)Cc1cn2ccsc2n1. The summed E-state index contributed by atoms with van der Waals surface area (Å²) in [6.45, 7) is 0. The molecule has 1 aliphatic carbocycles. The molecule has 19 heavy (non-hydrogen) atoms. The van der Waals surface area contributed by atoms with E-state index in [9.17, 15) is 4.79 Å². The zero-order chi connectivity index (χ0) is 13.1. The van der Waals surface area contributed by atoms with Crippen LogP contribution in [-0.2, 0) is 11.2 Å². The van der Waals surface area contributed by atoms with Crippen LogP contribution in [0.1, 0.15) is 50.6 Å². The van der Waals surface area contributed by atoms with Crippen LogP contribution in [0.25, 0.3) is 4.96 Å². The van der Waals surface area contributed by atoms with Gasteiger partial charge >= 0.3 is 0 Å². The van der Waals surface area contributed by atoms with E-state index in [0.717, 1.165) is 29.4 Å². The first-order chi connectivity index (χ1) is 9.31. The van der Waals surface area contributed by atoms with Gasteiger partial charge in [0, 0.05) is 24.2 Å². The third-order valence-corrected chi connectivity index (χ3v) is 4.85. The fourth-order valence-electron chi connectivity index (χ4n) is 2.99. The average molecular weight is 276 g/mol. The summed E-state index contributed by atoms with van der Waals surface area (Å²) in [7, 11) is 0. The maximum Gasteiger partial charge on any atom is 0.193 e. The first kappa shape index (κ1) is 12.9. The van der Waals surface area contributed by atoms with Crippen LogP contribution in [0.3, 0.4) is 0 Å². The minimum absolute atomic E-state index is 0.344. The molecule has 4 heteroatoms. The van der Waals surface area contributed by atoms with Crippen molar-refractivity contribution in [1.29, 1.82) is 0 Å². The van der Waals surface area contributed by atoms with Gasteiger partial charge in [-0.05, 0) is 12.3 Å². The first-order valence-electron chi connectivity index (χ1n) is 7.24. The third-order valence-electron chi connectivity index (χ3n) is 4.08. The van der Waals surface area contributed by atoms with Crippen LogP contribution in [0.5, 0.6) is 0 Å². The van der Waals surface area contributed by atoms with Crippen molar-refractivity contribution >= 4 is 22.1 Å². The smallest absolute Gasteiger partial charge is 0.193 e. The monoisotopic (exact) mass is 276 g/mol. The van der Waals surface area contributed by atoms with Gasteiger partial charge in [0.15, 0.2) is 4.96 Å². The fourth-order valence-corrected chi connectivity index (χ4v) is 3.71. The minimum atomic E-state index is 0.344. The highest BCUT2D eigenvalue weighted by molar-refractivity contribution is 7.15. The minimum Gasteiger partial charge on any atom is -0.299 e. The van der Waals surface area contributed by atoms with Gasteiger partial charge in [-0.2, -0.15) is 0 Å². The Morgan fingerprint density at radius 2 is 2.21 bits per heavy atom. The molecule has 0 unspecified atom stereocenters. The summed E-state index contributed by atoms with van der Waals surface area (Å²) in [5, 5.41) is 2.01. The van der Waals surface area contributed by atoms with Crippen LogP contribution in [-0.4, -0.2) is 15.2 Å². The Morgan fingerprint density at radius 3 is 3.00 bits per heavy atom. The molecule has 2 aromatic rings. The average Bonchev–Trinajstić information content (AvgIpc) is 2.98. The molecule has 2 heterocycles. The summed E-state index contributed by atoms with van der Waals surface area (Å²) in [6, 6.07) is 0. The number of imidazole rings is 1. The summed E-state index contributed by atoms with van der Waals surface area (Å²) < 4.78 is 1.99. The first-order valence-corrected chi connectivity index (χ1v) is 8.12. The number of nitrogens with zero attached hydrogens (tertiary/aromatic N) is 2. The molecule has 0 radical (unpaired) electrons. The highest BCUT2D eigenvalue weighted by Gasteiger charge is 2.15. The number of hydrogen-bond acceptors (Lipinski definition) is 3. The number of hydrogen-bond donors (Lipinski definition) is 0. The normalized spacial score (nSPS) is 17.1. The van der Waals surface area contributed by atoms with Crippen molar-refractivity contribution < 1.29 is 4.79 Å². The third kappa shape index (κ3) is 3.24. The van der Waals surface area contributed by atoms with Crippen LogP contribution >= 0.6 is 11.3 Å². The molecule has 0 spiro atoms. The maximum atomic E-state index is 12.0. The van der Waals surface area contributed by atoms with E-state index in [0.29, 0.717) is 12.2 Å². The van der Waals surface area contributed by atoms with Gasteiger partial charge in [-0.25, -0.2) is 4.98 Å². The second kappa shape index (κ2) is 5.87. The van der Waals surface area contributed by atoms with Crippen molar-refractivity contribution in [2.75, 3.05) is 0 Å². The Hall–Kier alpha value is -1.16. The predicted octanol–water partition coefficient (Wildman–Crippen LogP) is 3.87. The largest absolute Gasteiger partial charge is 0.299 e. The molecule has 0 N–H and O–H groups in total. The van der Waals surface area contributed by atoms with Gasteiger partial charge in [-0.1, -0.05) is 32.1 Å². The van der Waals surface area contributed by atoms with Gasteiger partial charge < -0.3 is 0 Å². The van der Waals surface area contributed by atoms with E-state index in [-0.39, 0.29) is 0 Å². The zero-order valence-electron chi connectivity index (χ0n) is 11.2. The molecule has 3 nitrogen and oxygen atoms in total. The molecule has 0 amide bonds. The molecule has 0 atom stereocenters. The van der Waals surface area contributed by atoms with E-state index >= 15 is 0 Å². The summed E-state index contributed by atoms with van der Waals surface area (Å²) in [4.78, 5) is 17.5. The lowest BCUT2D eigenvalue weighted by Crippen LogP contribution is -2.10. The van der Waals surface area contributed by atoms with Crippen LogP contribution in [0.15, 0.2) is 17.8 Å². The van der Waals surface area contributed by atoms with Gasteiger partial charge in [-0.15, -0.1) is 11.3 Å². The lowest BCUT2D eigenvalue weighted by Gasteiger charge is -2.20. The van der Waals surface area contributed by atoms with Gasteiger partial charge in [0.2, 0.25) is 0 Å². The molecule has 102 valence electrons. The highest BCUT2D eigenvalue weighted by Crippen LogP contribution is 2.27. The van der Waals surface area contributed by atoms with Crippen molar-refractivity contribution in [3.8, 4) is 0 Å². The Labute approximate surface area is 117 Å². The number of aromatic nitrogens is 2. The zero-order valence-corrected chi connectivity index (χ0v) is 12.0. The molecule has 2 aromatic heterocycles. The number of fused-ring (bicyclic) bond motifs is 1. The van der Waals surface area contributed by atoms with Crippen molar-refractivity contribution in [3.63, 3.8) is 0 Å². The van der Waals surface area contributed by atoms with E-state index in [1.807, 2.05) is 22.2 Å². The molecule has 1 saturated carbocycles. The summed E-state index contributed by atoms with van der Waals surface area (Å²) >= 11 is 1.61. The molecular formula is C15H20N2OS. The van der Waals surface area contributed by atoms with E-state index in [1.165, 1.54) is 32.1 Å². The fraction of sp³-hybridized carbons (Fsp3) is 0.600. The van der Waals surface area contributed by atoms with Crippen molar-refractivity contribution in [2.45, 2.75) is 51.4 Å². The number of rotatable bonds is 5. The number of carbonyl (C=O) groups excluding carboxylic acids is 1. The number of thiazole rings is 1. The number of Topliss-reactive ketones (excluding diaryl/α,β-unsaturated/α-hetero) is 1. The molecule has 1 fully saturated rings. The lowest BCUT2D eigenvalue weighted by atomic mass is 9.85. The maximum absolute atomic E-state index is 12.0. The van der Waals surface area contributed by atoms with E-state index in [1.54, 1.807) is 11.3 Å². The number of carbonyl (C=O) groups is 1. The van der Waals surface area contributed by atoms with E-state index in [4.69, 9.17) is 0 Å². The standard InChI is InChI=1S/C15H20N2OS/c18-14(7-6-12-4-2-1-3-5-12)10-13-11-17-8-9-19-15(17)16-13/h8-9,11-12H,1-7,10H2. The van der Waals surface area contributed by atoms with Gasteiger partial charge in [0.05, 0.1) is 12.1 Å². The molecule has 0 bridgehead atoms. The van der Waals surface area contributed by atoms with Crippen molar-refractivity contribution in [3.05, 3.63) is 23.5 Å². The van der Waals surface area contributed by atoms with Crippen LogP contribution in [0.2, 0.25) is 0 Å². The second-order valence-electron chi connectivity index (χ2n) is 5.58. The molecule has 3 rings (SSSR count). The van der Waals surface area contributed by atoms with Crippen molar-refractivity contribution in [2.24, 2.45) is 5.92 Å². The summed E-state index contributed by atoms with van der Waals surface area (Å²) in [6.07, 6.45) is 13.0. The lowest BCUT2D eigenvalue weighted by molar-refractivity contribution is -0.118. The quantitative estimate of drug-likeness (QED) is 0.831. The summed E-state index contributed by atoms with van der Waals surface area (Å²) in [5.41, 5.74) is 0.917. The summed E-state index contributed by atoms with van der Waals surface area (Å²) in [5.74, 6) is 1.14. The Bertz CT molecular complexity index is 523. The Morgan fingerprint density at radius 1 is 1.37 bits per heavy atom. The van der Waals surface area contributed by atoms with Crippen LogP contribution in [0.4, 0.5) is 0 Å². The number of ketones is 1. The topological polar surface area (TPSA) is 34.4 Å². The predicted molar refractivity (Wildman–Crippen MR) is 77.6 cm³/mol. The van der Waals surface area contributed by atoms with Crippen molar-refractivity contribution in [1.82, 2.24) is 9.38 Å². The second-order valence-corrected chi connectivity index (χ2v) is 6.46.